The predicted octanol–water partition coefficient (Wildman–Crippen LogP) is 1.30. The van der Waals surface area contributed by atoms with E-state index in [1.54, 1.807) is 18.2 Å². The Labute approximate surface area is 94.6 Å². The molecular formula is C9H14N2O2S2. The molecule has 0 aliphatic heterocycles. The maximum Gasteiger partial charge on any atom is 0.173 e. The molecule has 0 saturated heterocycles. The van der Waals surface area contributed by atoms with E-state index in [4.69, 9.17) is 5.73 Å². The minimum Gasteiger partial charge on any atom is -0.398 e. The fraction of sp³-hybridized carbons (Fsp3) is 0.333. The number of hydrogen-bond donors (Lipinski definition) is 2. The summed E-state index contributed by atoms with van der Waals surface area (Å²) in [5, 5.41) is 0. The van der Waals surface area contributed by atoms with E-state index in [9.17, 15) is 8.76 Å². The van der Waals surface area contributed by atoms with Crippen LogP contribution in [0.25, 0.3) is 0 Å². The van der Waals surface area contributed by atoms with Gasteiger partial charge >= 0.3 is 0 Å². The van der Waals surface area contributed by atoms with Crippen LogP contribution in [0.4, 0.5) is 11.4 Å². The van der Waals surface area contributed by atoms with Crippen LogP contribution in [0.1, 0.15) is 6.92 Å². The molecule has 84 valence electrons. The topological polar surface area (TPSA) is 66.6 Å². The summed E-state index contributed by atoms with van der Waals surface area (Å²) in [6.45, 7) is 2.79. The van der Waals surface area contributed by atoms with Crippen molar-refractivity contribution in [3.8, 4) is 0 Å². The van der Waals surface area contributed by atoms with E-state index in [1.807, 2.05) is 18.9 Å². The molecule has 0 amide bonds. The lowest BCUT2D eigenvalue weighted by molar-refractivity contribution is 0.562. The van der Waals surface area contributed by atoms with Gasteiger partial charge in [0.25, 0.3) is 0 Å². The molecule has 0 aliphatic carbocycles. The predicted molar refractivity (Wildman–Crippen MR) is 66.2 cm³/mol. The third-order valence-corrected chi connectivity index (χ3v) is 3.64. The number of anilines is 2. The molecule has 0 bridgehead atoms. The van der Waals surface area contributed by atoms with Crippen LogP contribution >= 0.6 is 0 Å². The Bertz CT molecular complexity index is 457. The number of nitrogens with two attached hydrogens (primary N) is 1. The number of nitrogens with zero attached hydrogens (tertiary/aromatic N) is 1. The van der Waals surface area contributed by atoms with Gasteiger partial charge in [0.05, 0.1) is 10.6 Å². The highest BCUT2D eigenvalue weighted by atomic mass is 32.8. The van der Waals surface area contributed by atoms with Crippen LogP contribution in [0.2, 0.25) is 0 Å². The quantitative estimate of drug-likeness (QED) is 0.787. The zero-order valence-electron chi connectivity index (χ0n) is 8.64. The van der Waals surface area contributed by atoms with E-state index in [0.29, 0.717) is 0 Å². The second kappa shape index (κ2) is 4.34. The molecule has 1 aromatic rings. The largest absolute Gasteiger partial charge is 0.398 e. The van der Waals surface area contributed by atoms with Crippen LogP contribution in [0.3, 0.4) is 0 Å². The Balaban J connectivity index is 3.29. The maximum atomic E-state index is 11.3. The Hall–Kier alpha value is -0.850. The van der Waals surface area contributed by atoms with Crippen molar-refractivity contribution in [3.63, 3.8) is 0 Å². The Morgan fingerprint density at radius 1 is 1.60 bits per heavy atom. The van der Waals surface area contributed by atoms with Crippen molar-refractivity contribution >= 4 is 31.3 Å². The minimum atomic E-state index is -3.42. The number of rotatable bonds is 3. The van der Waals surface area contributed by atoms with Crippen molar-refractivity contribution in [2.24, 2.45) is 0 Å². The summed E-state index contributed by atoms with van der Waals surface area (Å²) in [5.74, 6) is 0. The average molecular weight is 246 g/mol. The van der Waals surface area contributed by atoms with Gasteiger partial charge in [-0.3, -0.25) is 0 Å². The molecule has 1 rings (SSSR count). The van der Waals surface area contributed by atoms with Gasteiger partial charge < -0.3 is 15.2 Å². The van der Waals surface area contributed by atoms with Gasteiger partial charge in [0.1, 0.15) is 0 Å². The first-order valence-corrected chi connectivity index (χ1v) is 6.88. The molecule has 6 heteroatoms. The lowest BCUT2D eigenvalue weighted by atomic mass is 10.2. The number of benzene rings is 1. The average Bonchev–Trinajstić information content (AvgIpc) is 2.15. The molecule has 1 aromatic carbocycles. The number of nitrogen functional groups attached to an aromatic ring is 1. The van der Waals surface area contributed by atoms with Gasteiger partial charge in [-0.15, -0.1) is 0 Å². The van der Waals surface area contributed by atoms with Crippen molar-refractivity contribution in [1.29, 1.82) is 0 Å². The lowest BCUT2D eigenvalue weighted by Gasteiger charge is -2.18. The molecule has 0 radical (unpaired) electrons. The van der Waals surface area contributed by atoms with Crippen molar-refractivity contribution in [2.75, 3.05) is 24.2 Å². The van der Waals surface area contributed by atoms with Gasteiger partial charge in [0.2, 0.25) is 0 Å². The number of hydrogen-bond acceptors (Lipinski definition) is 4. The van der Waals surface area contributed by atoms with Crippen LogP contribution in [0.15, 0.2) is 23.1 Å². The van der Waals surface area contributed by atoms with E-state index in [2.05, 4.69) is 11.2 Å². The van der Waals surface area contributed by atoms with E-state index in [-0.39, 0.29) is 10.6 Å². The Morgan fingerprint density at radius 3 is 2.67 bits per heavy atom. The van der Waals surface area contributed by atoms with Crippen molar-refractivity contribution < 1.29 is 8.76 Å². The molecule has 0 aromatic heterocycles. The van der Waals surface area contributed by atoms with Gasteiger partial charge in [-0.25, -0.2) is 4.21 Å². The van der Waals surface area contributed by atoms with Crippen LogP contribution in [0.5, 0.6) is 0 Å². The van der Waals surface area contributed by atoms with Crippen LogP contribution in [0, 0.1) is 0 Å². The first kappa shape index (κ1) is 12.2. The second-order valence-corrected chi connectivity index (χ2v) is 5.96. The fourth-order valence-corrected chi connectivity index (χ4v) is 2.24. The van der Waals surface area contributed by atoms with Gasteiger partial charge in [-0.2, -0.15) is 0 Å². The molecule has 1 atom stereocenters. The van der Waals surface area contributed by atoms with E-state index < -0.39 is 8.77 Å². The van der Waals surface area contributed by atoms with Gasteiger partial charge in [-0.05, 0) is 25.1 Å². The molecule has 0 aliphatic rings. The van der Waals surface area contributed by atoms with Crippen LogP contribution in [-0.4, -0.2) is 22.4 Å². The smallest absolute Gasteiger partial charge is 0.173 e. The SMILES string of the molecule is CCN(C)c1ccc(N)c(S(=O)(O)=S)c1. The van der Waals surface area contributed by atoms with E-state index in [1.165, 1.54) is 0 Å². The minimum absolute atomic E-state index is 0.121. The highest BCUT2D eigenvalue weighted by molar-refractivity contribution is 8.29. The molecule has 0 saturated carbocycles. The fourth-order valence-electron chi connectivity index (χ4n) is 1.17. The third-order valence-electron chi connectivity index (χ3n) is 2.19. The maximum absolute atomic E-state index is 11.3. The summed E-state index contributed by atoms with van der Waals surface area (Å²) in [6, 6.07) is 4.95. The summed E-state index contributed by atoms with van der Waals surface area (Å²) in [7, 11) is -1.53. The molecule has 1 unspecified atom stereocenters. The van der Waals surface area contributed by atoms with Crippen molar-refractivity contribution in [3.05, 3.63) is 18.2 Å². The standard InChI is InChI=1S/C9H14N2O2S2/c1-3-11(2)7-4-5-8(10)9(6-7)15(12,13)14/h4-6H,3,10H2,1-2H3,(H,12,13,14). The van der Waals surface area contributed by atoms with Crippen LogP contribution < -0.4 is 10.6 Å². The summed E-state index contributed by atoms with van der Waals surface area (Å²) < 4.78 is 20.6. The molecule has 4 nitrogen and oxygen atoms in total. The molecule has 3 N–H and O–H groups in total. The Morgan fingerprint density at radius 2 is 2.20 bits per heavy atom. The first-order chi connectivity index (χ1) is 6.86. The second-order valence-electron chi connectivity index (χ2n) is 3.21. The third kappa shape index (κ3) is 2.80. The van der Waals surface area contributed by atoms with Gasteiger partial charge in [-0.1, -0.05) is 0 Å². The Kier molecular flexibility index (Phi) is 3.54. The summed E-state index contributed by atoms with van der Waals surface area (Å²) in [4.78, 5) is 2.05. The van der Waals surface area contributed by atoms with E-state index in [0.717, 1.165) is 12.2 Å². The van der Waals surface area contributed by atoms with Crippen LogP contribution in [-0.2, 0) is 20.0 Å². The summed E-state index contributed by atoms with van der Waals surface area (Å²) in [6.07, 6.45) is 0. The summed E-state index contributed by atoms with van der Waals surface area (Å²) in [5.41, 5.74) is 6.68. The van der Waals surface area contributed by atoms with Gasteiger partial charge in [0.15, 0.2) is 8.77 Å². The monoisotopic (exact) mass is 246 g/mol. The molecule has 0 spiro atoms. The first-order valence-electron chi connectivity index (χ1n) is 4.44. The van der Waals surface area contributed by atoms with Crippen molar-refractivity contribution in [1.82, 2.24) is 0 Å². The molecule has 0 heterocycles. The van der Waals surface area contributed by atoms with Crippen molar-refractivity contribution in [2.45, 2.75) is 11.8 Å². The normalized spacial score (nSPS) is 14.6. The van der Waals surface area contributed by atoms with E-state index >= 15 is 0 Å². The van der Waals surface area contributed by atoms with Gasteiger partial charge in [0, 0.05) is 30.5 Å². The zero-order chi connectivity index (χ0) is 11.6. The molecule has 0 fully saturated rings. The summed E-state index contributed by atoms with van der Waals surface area (Å²) >= 11 is 4.51. The highest BCUT2D eigenvalue weighted by Gasteiger charge is 2.11. The zero-order valence-corrected chi connectivity index (χ0v) is 10.3. The molecule has 15 heavy (non-hydrogen) atoms. The lowest BCUT2D eigenvalue weighted by Crippen LogP contribution is -2.16. The molecular weight excluding hydrogens is 232 g/mol. The highest BCUT2D eigenvalue weighted by Crippen LogP contribution is 2.24.